The molecule has 0 aliphatic carbocycles. The lowest BCUT2D eigenvalue weighted by atomic mass is 10.3. The van der Waals surface area contributed by atoms with Crippen LogP contribution in [0.1, 0.15) is 18.2 Å². The van der Waals surface area contributed by atoms with E-state index in [1.807, 2.05) is 6.20 Å². The van der Waals surface area contributed by atoms with E-state index in [1.165, 1.54) is 4.88 Å². The van der Waals surface area contributed by atoms with Crippen LogP contribution in [-0.4, -0.2) is 24.5 Å². The van der Waals surface area contributed by atoms with Gasteiger partial charge >= 0.3 is 0 Å². The van der Waals surface area contributed by atoms with Crippen molar-refractivity contribution in [2.75, 3.05) is 18.9 Å². The molecule has 5 heteroatoms. The highest BCUT2D eigenvalue weighted by molar-refractivity contribution is 7.15. The zero-order valence-electron chi connectivity index (χ0n) is 8.46. The fourth-order valence-electron chi connectivity index (χ4n) is 1.05. The molecule has 0 bridgehead atoms. The zero-order chi connectivity index (χ0) is 10.4. The van der Waals surface area contributed by atoms with Gasteiger partial charge in [0.05, 0.1) is 6.54 Å². The molecule has 1 aromatic rings. The SMILES string of the molecule is CCCc1cnc(NC(=O)CNC)s1. The topological polar surface area (TPSA) is 54.0 Å². The van der Waals surface area contributed by atoms with Crippen molar-refractivity contribution >= 4 is 22.4 Å². The van der Waals surface area contributed by atoms with Crippen molar-refractivity contribution in [3.05, 3.63) is 11.1 Å². The van der Waals surface area contributed by atoms with E-state index in [0.29, 0.717) is 11.7 Å². The number of likely N-dealkylation sites (N-methyl/N-ethyl adjacent to an activating group) is 1. The van der Waals surface area contributed by atoms with Gasteiger partial charge in [-0.25, -0.2) is 4.98 Å². The predicted octanol–water partition coefficient (Wildman–Crippen LogP) is 1.25. The van der Waals surface area contributed by atoms with Gasteiger partial charge in [-0.05, 0) is 13.5 Å². The lowest BCUT2D eigenvalue weighted by Gasteiger charge is -1.98. The van der Waals surface area contributed by atoms with Gasteiger partial charge in [0.2, 0.25) is 5.91 Å². The molecular formula is C9H15N3OS. The molecule has 14 heavy (non-hydrogen) atoms. The second-order valence-corrected chi connectivity index (χ2v) is 4.08. The number of aryl methyl sites for hydroxylation is 1. The van der Waals surface area contributed by atoms with Crippen molar-refractivity contribution < 1.29 is 4.79 Å². The van der Waals surface area contributed by atoms with Gasteiger partial charge < -0.3 is 10.6 Å². The Hall–Kier alpha value is -0.940. The second-order valence-electron chi connectivity index (χ2n) is 2.96. The summed E-state index contributed by atoms with van der Waals surface area (Å²) in [4.78, 5) is 16.5. The van der Waals surface area contributed by atoms with Gasteiger partial charge in [0, 0.05) is 11.1 Å². The fraction of sp³-hybridized carbons (Fsp3) is 0.556. The minimum atomic E-state index is -0.0510. The van der Waals surface area contributed by atoms with E-state index in [2.05, 4.69) is 22.5 Å². The molecule has 1 heterocycles. The molecule has 2 N–H and O–H groups in total. The monoisotopic (exact) mass is 213 g/mol. The number of nitrogens with one attached hydrogen (secondary N) is 2. The van der Waals surface area contributed by atoms with Crippen LogP contribution in [0.4, 0.5) is 5.13 Å². The van der Waals surface area contributed by atoms with Gasteiger partial charge in [-0.3, -0.25) is 4.79 Å². The van der Waals surface area contributed by atoms with Crippen molar-refractivity contribution in [2.45, 2.75) is 19.8 Å². The first-order valence-corrected chi connectivity index (χ1v) is 5.47. The number of aromatic nitrogens is 1. The highest BCUT2D eigenvalue weighted by Gasteiger charge is 2.04. The number of nitrogens with zero attached hydrogens (tertiary/aromatic N) is 1. The third-order valence-electron chi connectivity index (χ3n) is 1.63. The Balaban J connectivity index is 2.46. The highest BCUT2D eigenvalue weighted by atomic mass is 32.1. The Labute approximate surface area is 87.7 Å². The average Bonchev–Trinajstić information content (AvgIpc) is 2.53. The van der Waals surface area contributed by atoms with Gasteiger partial charge in [0.15, 0.2) is 5.13 Å². The molecule has 0 saturated heterocycles. The van der Waals surface area contributed by atoms with E-state index in [0.717, 1.165) is 12.8 Å². The number of anilines is 1. The van der Waals surface area contributed by atoms with Crippen LogP contribution in [0.2, 0.25) is 0 Å². The number of carbonyl (C=O) groups is 1. The molecule has 0 aromatic carbocycles. The number of thiazole rings is 1. The summed E-state index contributed by atoms with van der Waals surface area (Å²) in [7, 11) is 1.74. The predicted molar refractivity (Wildman–Crippen MR) is 58.7 cm³/mol. The molecule has 0 atom stereocenters. The van der Waals surface area contributed by atoms with E-state index < -0.39 is 0 Å². The molecule has 0 aliphatic heterocycles. The van der Waals surface area contributed by atoms with Crippen LogP contribution in [0.3, 0.4) is 0 Å². The van der Waals surface area contributed by atoms with E-state index >= 15 is 0 Å². The van der Waals surface area contributed by atoms with Crippen LogP contribution in [0, 0.1) is 0 Å². The van der Waals surface area contributed by atoms with Gasteiger partial charge in [-0.1, -0.05) is 13.3 Å². The summed E-state index contributed by atoms with van der Waals surface area (Å²) in [5.41, 5.74) is 0. The third kappa shape index (κ3) is 3.43. The standard InChI is InChI=1S/C9H15N3OS/c1-3-4-7-5-11-9(14-7)12-8(13)6-10-2/h5,10H,3-4,6H2,1-2H3,(H,11,12,13). The maximum absolute atomic E-state index is 11.2. The maximum atomic E-state index is 11.2. The van der Waals surface area contributed by atoms with Crippen LogP contribution in [0.5, 0.6) is 0 Å². The van der Waals surface area contributed by atoms with E-state index in [1.54, 1.807) is 18.4 Å². The van der Waals surface area contributed by atoms with Crippen molar-refractivity contribution in [3.8, 4) is 0 Å². The molecule has 0 fully saturated rings. The van der Waals surface area contributed by atoms with Crippen molar-refractivity contribution in [3.63, 3.8) is 0 Å². The zero-order valence-corrected chi connectivity index (χ0v) is 9.28. The molecule has 0 saturated carbocycles. The molecular weight excluding hydrogens is 198 g/mol. The van der Waals surface area contributed by atoms with Crippen molar-refractivity contribution in [1.82, 2.24) is 10.3 Å². The molecule has 4 nitrogen and oxygen atoms in total. The Morgan fingerprint density at radius 3 is 3.07 bits per heavy atom. The smallest absolute Gasteiger partial charge is 0.240 e. The first kappa shape index (κ1) is 11.1. The number of amides is 1. The lowest BCUT2D eigenvalue weighted by molar-refractivity contribution is -0.115. The number of carbonyl (C=O) groups excluding carboxylic acids is 1. The first-order chi connectivity index (χ1) is 6.76. The summed E-state index contributed by atoms with van der Waals surface area (Å²) in [6.07, 6.45) is 3.95. The summed E-state index contributed by atoms with van der Waals surface area (Å²) in [5.74, 6) is -0.0510. The van der Waals surface area contributed by atoms with Gasteiger partial charge in [0.25, 0.3) is 0 Å². The minimum absolute atomic E-state index is 0.0510. The summed E-state index contributed by atoms with van der Waals surface area (Å²) < 4.78 is 0. The molecule has 1 aromatic heterocycles. The number of hydrogen-bond acceptors (Lipinski definition) is 4. The molecule has 0 aliphatic rings. The van der Waals surface area contributed by atoms with E-state index in [-0.39, 0.29) is 5.91 Å². The van der Waals surface area contributed by atoms with Gasteiger partial charge in [-0.15, -0.1) is 11.3 Å². The molecule has 0 spiro atoms. The van der Waals surface area contributed by atoms with E-state index in [4.69, 9.17) is 0 Å². The average molecular weight is 213 g/mol. The largest absolute Gasteiger partial charge is 0.311 e. The number of hydrogen-bond donors (Lipinski definition) is 2. The Kier molecular flexibility index (Phi) is 4.55. The Bertz CT molecular complexity index is 298. The molecule has 0 unspecified atom stereocenters. The lowest BCUT2D eigenvalue weighted by Crippen LogP contribution is -2.24. The summed E-state index contributed by atoms with van der Waals surface area (Å²) in [6, 6.07) is 0. The molecule has 1 rings (SSSR count). The highest BCUT2D eigenvalue weighted by Crippen LogP contribution is 2.18. The van der Waals surface area contributed by atoms with Crippen LogP contribution < -0.4 is 10.6 Å². The third-order valence-corrected chi connectivity index (χ3v) is 2.61. The Morgan fingerprint density at radius 2 is 2.43 bits per heavy atom. The van der Waals surface area contributed by atoms with Crippen LogP contribution >= 0.6 is 11.3 Å². The minimum Gasteiger partial charge on any atom is -0.311 e. The summed E-state index contributed by atoms with van der Waals surface area (Å²) in [5, 5.41) is 6.20. The first-order valence-electron chi connectivity index (χ1n) is 4.65. The Morgan fingerprint density at radius 1 is 1.64 bits per heavy atom. The van der Waals surface area contributed by atoms with Gasteiger partial charge in [0.1, 0.15) is 0 Å². The summed E-state index contributed by atoms with van der Waals surface area (Å²) >= 11 is 1.54. The normalized spacial score (nSPS) is 10.1. The molecule has 1 amide bonds. The second kappa shape index (κ2) is 5.72. The van der Waals surface area contributed by atoms with Crippen LogP contribution in [-0.2, 0) is 11.2 Å². The van der Waals surface area contributed by atoms with Gasteiger partial charge in [-0.2, -0.15) is 0 Å². The molecule has 0 radical (unpaired) electrons. The summed E-state index contributed by atoms with van der Waals surface area (Å²) in [6.45, 7) is 2.45. The van der Waals surface area contributed by atoms with Crippen molar-refractivity contribution in [1.29, 1.82) is 0 Å². The van der Waals surface area contributed by atoms with E-state index in [9.17, 15) is 4.79 Å². The molecule has 78 valence electrons. The quantitative estimate of drug-likeness (QED) is 0.774. The number of rotatable bonds is 5. The maximum Gasteiger partial charge on any atom is 0.240 e. The van der Waals surface area contributed by atoms with Crippen LogP contribution in [0.15, 0.2) is 6.20 Å². The van der Waals surface area contributed by atoms with Crippen molar-refractivity contribution in [2.24, 2.45) is 0 Å². The fourth-order valence-corrected chi connectivity index (χ4v) is 1.98. The van der Waals surface area contributed by atoms with Crippen LogP contribution in [0.25, 0.3) is 0 Å².